The van der Waals surface area contributed by atoms with Crippen LogP contribution >= 0.6 is 15.9 Å². The van der Waals surface area contributed by atoms with Crippen LogP contribution in [0.3, 0.4) is 0 Å². The first-order valence-corrected chi connectivity index (χ1v) is 8.73. The van der Waals surface area contributed by atoms with E-state index in [0.717, 1.165) is 15.4 Å². The number of hydrogen-bond acceptors (Lipinski definition) is 3. The van der Waals surface area contributed by atoms with E-state index in [1.165, 1.54) is 7.11 Å². The van der Waals surface area contributed by atoms with Crippen molar-refractivity contribution in [2.75, 3.05) is 24.4 Å². The Hall–Kier alpha value is -2.64. The summed E-state index contributed by atoms with van der Waals surface area (Å²) < 4.78 is 7.39. The summed E-state index contributed by atoms with van der Waals surface area (Å²) in [4.78, 5) is 24.4. The van der Waals surface area contributed by atoms with Crippen molar-refractivity contribution in [2.45, 2.75) is 0 Å². The van der Waals surface area contributed by atoms with Gasteiger partial charge in [-0.05, 0) is 40.2 Å². The van der Waals surface area contributed by atoms with E-state index in [4.69, 9.17) is 4.74 Å². The number of ether oxygens (including phenoxy) is 1. The number of hydrogen-bond donors (Lipinski definition) is 2. The lowest BCUT2D eigenvalue weighted by Crippen LogP contribution is -2.18. The predicted molar refractivity (Wildman–Crippen MR) is 106 cm³/mol. The zero-order valence-corrected chi connectivity index (χ0v) is 16.0. The summed E-state index contributed by atoms with van der Waals surface area (Å²) in [5.41, 5.74) is 2.66. The molecule has 0 unspecified atom stereocenters. The lowest BCUT2D eigenvalue weighted by molar-refractivity contribution is -0.119. The quantitative estimate of drug-likeness (QED) is 0.665. The molecule has 2 aromatic carbocycles. The van der Waals surface area contributed by atoms with Crippen molar-refractivity contribution in [1.82, 2.24) is 4.57 Å². The highest BCUT2D eigenvalue weighted by atomic mass is 79.9. The first kappa shape index (κ1) is 18.2. The Kier molecular flexibility index (Phi) is 5.39. The number of fused-ring (bicyclic) bond motifs is 1. The number of benzene rings is 2. The Morgan fingerprint density at radius 3 is 2.46 bits per heavy atom. The molecule has 0 aliphatic carbocycles. The molecule has 0 aliphatic rings. The Morgan fingerprint density at radius 2 is 1.77 bits per heavy atom. The summed E-state index contributed by atoms with van der Waals surface area (Å²) in [6, 6.07) is 14.8. The number of aromatic nitrogens is 1. The first-order valence-electron chi connectivity index (χ1n) is 7.94. The molecule has 1 aromatic heterocycles. The Morgan fingerprint density at radius 1 is 1.08 bits per heavy atom. The van der Waals surface area contributed by atoms with Gasteiger partial charge in [0.2, 0.25) is 5.91 Å². The van der Waals surface area contributed by atoms with E-state index < -0.39 is 0 Å². The number of carbonyl (C=O) groups excluding carboxylic acids is 2. The van der Waals surface area contributed by atoms with Crippen LogP contribution in [0.2, 0.25) is 0 Å². The number of para-hydroxylation sites is 1. The number of carbonyl (C=O) groups is 2. The molecular formula is C19H18BrN3O3. The predicted octanol–water partition coefficient (Wildman–Crippen LogP) is 3.78. The second kappa shape index (κ2) is 7.72. The van der Waals surface area contributed by atoms with Gasteiger partial charge in [0.15, 0.2) is 0 Å². The molecule has 3 aromatic rings. The average Bonchev–Trinajstić information content (AvgIpc) is 2.87. The van der Waals surface area contributed by atoms with Crippen LogP contribution in [0.15, 0.2) is 53.0 Å². The van der Waals surface area contributed by atoms with Gasteiger partial charge >= 0.3 is 0 Å². The van der Waals surface area contributed by atoms with Crippen molar-refractivity contribution in [3.05, 3.63) is 58.7 Å². The molecule has 0 fully saturated rings. The number of nitrogens with zero attached hydrogens (tertiary/aromatic N) is 1. The summed E-state index contributed by atoms with van der Waals surface area (Å²) >= 11 is 3.53. The number of nitrogens with one attached hydrogen (secondary N) is 2. The van der Waals surface area contributed by atoms with Gasteiger partial charge in [-0.2, -0.15) is 0 Å². The fraction of sp³-hybridized carbons (Fsp3) is 0.158. The van der Waals surface area contributed by atoms with Crippen molar-refractivity contribution in [3.8, 4) is 0 Å². The molecule has 7 heteroatoms. The highest BCUT2D eigenvalue weighted by Gasteiger charge is 2.19. The van der Waals surface area contributed by atoms with Gasteiger partial charge in [0.1, 0.15) is 12.3 Å². The van der Waals surface area contributed by atoms with Crippen molar-refractivity contribution in [1.29, 1.82) is 0 Å². The fourth-order valence-electron chi connectivity index (χ4n) is 2.79. The Bertz CT molecular complexity index is 942. The third-order valence-electron chi connectivity index (χ3n) is 3.94. The lowest BCUT2D eigenvalue weighted by atomic mass is 10.2. The molecule has 0 aliphatic heterocycles. The molecule has 2 amide bonds. The Labute approximate surface area is 159 Å². The van der Waals surface area contributed by atoms with Gasteiger partial charge in [-0.1, -0.05) is 24.3 Å². The number of aryl methyl sites for hydroxylation is 1. The molecule has 26 heavy (non-hydrogen) atoms. The highest BCUT2D eigenvalue weighted by molar-refractivity contribution is 9.10. The van der Waals surface area contributed by atoms with Crippen LogP contribution in [0.1, 0.15) is 10.5 Å². The summed E-state index contributed by atoms with van der Waals surface area (Å²) in [6.45, 7) is -0.0283. The molecule has 2 N–H and O–H groups in total. The van der Waals surface area contributed by atoms with Crippen molar-refractivity contribution in [2.24, 2.45) is 7.05 Å². The van der Waals surface area contributed by atoms with Gasteiger partial charge in [0.25, 0.3) is 5.91 Å². The van der Waals surface area contributed by atoms with Crippen molar-refractivity contribution >= 4 is 50.0 Å². The monoisotopic (exact) mass is 415 g/mol. The molecule has 134 valence electrons. The van der Waals surface area contributed by atoms with Crippen LogP contribution in [-0.4, -0.2) is 30.1 Å². The van der Waals surface area contributed by atoms with E-state index in [1.807, 2.05) is 35.9 Å². The zero-order chi connectivity index (χ0) is 18.7. The summed E-state index contributed by atoms with van der Waals surface area (Å²) in [6.07, 6.45) is 0. The number of methoxy groups -OCH3 is 1. The topological polar surface area (TPSA) is 72.4 Å². The molecule has 0 atom stereocenters. The third kappa shape index (κ3) is 3.63. The summed E-state index contributed by atoms with van der Waals surface area (Å²) in [5.74, 6) is -0.497. The fourth-order valence-corrected chi connectivity index (χ4v) is 3.57. The van der Waals surface area contributed by atoms with Crippen molar-refractivity contribution < 1.29 is 14.3 Å². The molecule has 1 heterocycles. The second-order valence-corrected chi connectivity index (χ2v) is 6.55. The normalized spacial score (nSPS) is 10.7. The van der Waals surface area contributed by atoms with Gasteiger partial charge in [0, 0.05) is 36.4 Å². The number of anilines is 2. The van der Waals surface area contributed by atoms with Crippen LogP contribution in [-0.2, 0) is 16.6 Å². The number of amides is 2. The second-order valence-electron chi connectivity index (χ2n) is 5.75. The summed E-state index contributed by atoms with van der Waals surface area (Å²) in [5, 5.41) is 6.56. The molecule has 3 rings (SSSR count). The van der Waals surface area contributed by atoms with E-state index in [0.29, 0.717) is 17.1 Å². The maximum absolute atomic E-state index is 12.8. The molecular weight excluding hydrogens is 398 g/mol. The zero-order valence-electron chi connectivity index (χ0n) is 14.4. The number of rotatable bonds is 5. The van der Waals surface area contributed by atoms with E-state index >= 15 is 0 Å². The smallest absolute Gasteiger partial charge is 0.273 e. The maximum Gasteiger partial charge on any atom is 0.273 e. The van der Waals surface area contributed by atoms with Gasteiger partial charge in [0.05, 0.1) is 4.47 Å². The molecule has 6 nitrogen and oxygen atoms in total. The standard InChI is InChI=1S/C19H18BrN3O3/c1-23-15-9-4-3-8-14(15)17(20)18(23)19(25)22-13-7-5-6-12(10-13)21-16(24)11-26-2/h3-10H,11H2,1-2H3,(H,21,24)(H,22,25). The van der Waals surface area contributed by atoms with Gasteiger partial charge < -0.3 is 19.9 Å². The van der Waals surface area contributed by atoms with E-state index in [9.17, 15) is 9.59 Å². The molecule has 0 saturated carbocycles. The van der Waals surface area contributed by atoms with E-state index in [2.05, 4.69) is 26.6 Å². The van der Waals surface area contributed by atoms with Gasteiger partial charge in [-0.25, -0.2) is 0 Å². The van der Waals surface area contributed by atoms with E-state index in [-0.39, 0.29) is 18.4 Å². The van der Waals surface area contributed by atoms with Crippen LogP contribution in [0.4, 0.5) is 11.4 Å². The average molecular weight is 416 g/mol. The van der Waals surface area contributed by atoms with Gasteiger partial charge in [-0.15, -0.1) is 0 Å². The molecule has 0 radical (unpaired) electrons. The first-order chi connectivity index (χ1) is 12.5. The van der Waals surface area contributed by atoms with Crippen LogP contribution in [0, 0.1) is 0 Å². The molecule has 0 bridgehead atoms. The minimum Gasteiger partial charge on any atom is -0.375 e. The SMILES string of the molecule is COCC(=O)Nc1cccc(NC(=O)c2c(Br)c3ccccc3n2C)c1. The molecule has 0 saturated heterocycles. The molecule has 0 spiro atoms. The third-order valence-corrected chi connectivity index (χ3v) is 4.74. The van der Waals surface area contributed by atoms with Gasteiger partial charge in [-0.3, -0.25) is 9.59 Å². The lowest BCUT2D eigenvalue weighted by Gasteiger charge is -2.10. The minimum absolute atomic E-state index is 0.0283. The maximum atomic E-state index is 12.8. The number of halogens is 1. The van der Waals surface area contributed by atoms with Crippen LogP contribution in [0.25, 0.3) is 10.9 Å². The van der Waals surface area contributed by atoms with E-state index in [1.54, 1.807) is 24.3 Å². The minimum atomic E-state index is -0.257. The van der Waals surface area contributed by atoms with Crippen LogP contribution in [0.5, 0.6) is 0 Å². The Balaban J connectivity index is 1.84. The van der Waals surface area contributed by atoms with Crippen molar-refractivity contribution in [3.63, 3.8) is 0 Å². The highest BCUT2D eigenvalue weighted by Crippen LogP contribution is 2.30. The largest absolute Gasteiger partial charge is 0.375 e. The summed E-state index contributed by atoms with van der Waals surface area (Å²) in [7, 11) is 3.31. The van der Waals surface area contributed by atoms with Crippen LogP contribution < -0.4 is 10.6 Å².